The predicted octanol–water partition coefficient (Wildman–Crippen LogP) is 1.12. The lowest BCUT2D eigenvalue weighted by Crippen LogP contribution is -2.58. The second-order valence-electron chi connectivity index (χ2n) is 8.96. The summed E-state index contributed by atoms with van der Waals surface area (Å²) >= 11 is 0. The lowest BCUT2D eigenvalue weighted by atomic mass is 9.86. The molecule has 32 heavy (non-hydrogen) atoms. The molecule has 0 aromatic rings. The highest BCUT2D eigenvalue weighted by Gasteiger charge is 2.61. The van der Waals surface area contributed by atoms with Crippen LogP contribution in [0.2, 0.25) is 0 Å². The molecule has 1 heterocycles. The minimum absolute atomic E-state index is 0.105. The van der Waals surface area contributed by atoms with Crippen LogP contribution >= 0.6 is 0 Å². The van der Waals surface area contributed by atoms with E-state index in [1.54, 1.807) is 0 Å². The van der Waals surface area contributed by atoms with E-state index in [-0.39, 0.29) is 13.1 Å². The van der Waals surface area contributed by atoms with Gasteiger partial charge in [0.1, 0.15) is 16.8 Å². The van der Waals surface area contributed by atoms with Crippen molar-refractivity contribution in [1.29, 1.82) is 0 Å². The summed E-state index contributed by atoms with van der Waals surface area (Å²) in [5.41, 5.74) is -3.58. The summed E-state index contributed by atoms with van der Waals surface area (Å²) in [7, 11) is -11.2. The molecule has 0 aromatic carbocycles. The second kappa shape index (κ2) is 9.29. The van der Waals surface area contributed by atoms with Gasteiger partial charge < -0.3 is 9.64 Å². The molecule has 0 radical (unpaired) electrons. The summed E-state index contributed by atoms with van der Waals surface area (Å²) in [6.45, 7) is 4.40. The SMILES string of the molecule is CC(=O)C(C)(CN(S(C)(=O)=O)S(=O)(=O)C(F)(F)C(=O)N1CCCCC1)C(=O)OC(C)(C)C. The van der Waals surface area contributed by atoms with Crippen LogP contribution in [0.25, 0.3) is 0 Å². The van der Waals surface area contributed by atoms with Crippen molar-refractivity contribution in [2.24, 2.45) is 5.41 Å². The highest BCUT2D eigenvalue weighted by Crippen LogP contribution is 2.34. The third-order valence-electron chi connectivity index (χ3n) is 4.93. The quantitative estimate of drug-likeness (QED) is 0.354. The first-order chi connectivity index (χ1) is 14.2. The number of halogens is 2. The molecule has 14 heteroatoms. The van der Waals surface area contributed by atoms with Crippen LogP contribution in [0.15, 0.2) is 0 Å². The van der Waals surface area contributed by atoms with Crippen molar-refractivity contribution in [1.82, 2.24) is 8.61 Å². The van der Waals surface area contributed by atoms with Crippen LogP contribution in [0.4, 0.5) is 8.78 Å². The predicted molar refractivity (Wildman–Crippen MR) is 110 cm³/mol. The Kier molecular flexibility index (Phi) is 8.24. The number of alkyl halides is 2. The van der Waals surface area contributed by atoms with Gasteiger partial charge in [-0.2, -0.15) is 8.78 Å². The van der Waals surface area contributed by atoms with E-state index in [0.29, 0.717) is 30.4 Å². The molecule has 1 fully saturated rings. The molecule has 1 atom stereocenters. The summed E-state index contributed by atoms with van der Waals surface area (Å²) in [4.78, 5) is 37.8. The van der Waals surface area contributed by atoms with Gasteiger partial charge in [0.2, 0.25) is 10.0 Å². The van der Waals surface area contributed by atoms with Gasteiger partial charge >= 0.3 is 27.2 Å². The zero-order valence-corrected chi connectivity index (χ0v) is 20.6. The number of piperidine rings is 1. The van der Waals surface area contributed by atoms with Gasteiger partial charge in [-0.1, -0.05) is 3.71 Å². The molecule has 0 N–H and O–H groups in total. The number of hydrogen-bond acceptors (Lipinski definition) is 8. The molecule has 1 saturated heterocycles. The number of carbonyl (C=O) groups is 3. The average molecular weight is 505 g/mol. The van der Waals surface area contributed by atoms with Gasteiger partial charge in [0.25, 0.3) is 0 Å². The van der Waals surface area contributed by atoms with Crippen molar-refractivity contribution in [2.75, 3.05) is 25.9 Å². The van der Waals surface area contributed by atoms with Crippen LogP contribution in [0, 0.1) is 5.41 Å². The zero-order chi connectivity index (χ0) is 25.3. The number of carbonyl (C=O) groups excluding carboxylic acids is 3. The van der Waals surface area contributed by atoms with E-state index in [1.807, 2.05) is 0 Å². The molecular formula is C18H30F2N2O8S2. The maximum atomic E-state index is 14.9. The second-order valence-corrected chi connectivity index (χ2v) is 13.0. The Morgan fingerprint density at radius 3 is 1.81 bits per heavy atom. The fourth-order valence-electron chi connectivity index (χ4n) is 2.87. The zero-order valence-electron chi connectivity index (χ0n) is 19.0. The Balaban J connectivity index is 3.49. The monoisotopic (exact) mass is 504 g/mol. The van der Waals surface area contributed by atoms with Gasteiger partial charge in [-0.05, 0) is 53.9 Å². The summed E-state index contributed by atoms with van der Waals surface area (Å²) in [6.07, 6.45) is 1.77. The van der Waals surface area contributed by atoms with E-state index in [0.717, 1.165) is 13.8 Å². The van der Waals surface area contributed by atoms with Gasteiger partial charge in [0.05, 0.1) is 12.8 Å². The van der Waals surface area contributed by atoms with E-state index >= 15 is 0 Å². The lowest BCUT2D eigenvalue weighted by Gasteiger charge is -2.35. The highest BCUT2D eigenvalue weighted by molar-refractivity contribution is 8.04. The number of nitrogens with zero attached hydrogens (tertiary/aromatic N) is 2. The molecular weight excluding hydrogens is 474 g/mol. The van der Waals surface area contributed by atoms with Gasteiger partial charge in [-0.3, -0.25) is 14.4 Å². The Bertz CT molecular complexity index is 967. The minimum Gasteiger partial charge on any atom is -0.459 e. The Morgan fingerprint density at radius 1 is 0.969 bits per heavy atom. The number of esters is 1. The number of amides is 1. The standard InChI is InChI=1S/C18H30F2N2O8S2/c1-13(23)17(5,15(25)30-16(2,3)4)12-22(31(6,26)27)32(28,29)18(19,20)14(24)21-10-8-7-9-11-21/h7-12H2,1-6H3. The van der Waals surface area contributed by atoms with E-state index in [2.05, 4.69) is 0 Å². The Morgan fingerprint density at radius 2 is 1.44 bits per heavy atom. The summed E-state index contributed by atoms with van der Waals surface area (Å²) < 4.78 is 84.3. The molecule has 186 valence electrons. The number of hydrogen-bond donors (Lipinski definition) is 0. The van der Waals surface area contributed by atoms with E-state index in [9.17, 15) is 40.0 Å². The van der Waals surface area contributed by atoms with Gasteiger partial charge in [-0.15, -0.1) is 0 Å². The molecule has 1 rings (SSSR count). The van der Waals surface area contributed by atoms with Crippen LogP contribution in [0.5, 0.6) is 0 Å². The smallest absolute Gasteiger partial charge is 0.436 e. The Hall–Kier alpha value is -1.67. The number of likely N-dealkylation sites (tertiary alicyclic amines) is 1. The average Bonchev–Trinajstić information content (AvgIpc) is 2.63. The molecule has 1 aliphatic rings. The maximum absolute atomic E-state index is 14.9. The van der Waals surface area contributed by atoms with E-state index in [1.165, 1.54) is 20.8 Å². The molecule has 0 aromatic heterocycles. The van der Waals surface area contributed by atoms with Crippen molar-refractivity contribution in [3.05, 3.63) is 0 Å². The van der Waals surface area contributed by atoms with Crippen LogP contribution in [0.3, 0.4) is 0 Å². The first-order valence-corrected chi connectivity index (χ1v) is 13.1. The van der Waals surface area contributed by atoms with Crippen molar-refractivity contribution in [3.63, 3.8) is 0 Å². The van der Waals surface area contributed by atoms with Crippen LogP contribution in [0.1, 0.15) is 53.9 Å². The normalized spacial score (nSPS) is 18.2. The first-order valence-electron chi connectivity index (χ1n) is 9.82. The minimum atomic E-state index is -6.19. The molecule has 10 nitrogen and oxygen atoms in total. The van der Waals surface area contributed by atoms with Crippen LogP contribution in [-0.4, -0.2) is 79.9 Å². The fourth-order valence-corrected chi connectivity index (χ4v) is 6.10. The largest absolute Gasteiger partial charge is 0.459 e. The van der Waals surface area contributed by atoms with Gasteiger partial charge in [0, 0.05) is 13.1 Å². The van der Waals surface area contributed by atoms with Crippen LogP contribution < -0.4 is 0 Å². The number of rotatable bonds is 8. The number of ether oxygens (including phenoxy) is 1. The van der Waals surface area contributed by atoms with E-state index in [4.69, 9.17) is 4.74 Å². The van der Waals surface area contributed by atoms with Crippen molar-refractivity contribution in [3.8, 4) is 0 Å². The summed E-state index contributed by atoms with van der Waals surface area (Å²) in [6, 6.07) is 0. The van der Waals surface area contributed by atoms with Crippen molar-refractivity contribution < 1.29 is 44.7 Å². The molecule has 1 amide bonds. The van der Waals surface area contributed by atoms with Gasteiger partial charge in [0.15, 0.2) is 0 Å². The fraction of sp³-hybridized carbons (Fsp3) is 0.833. The van der Waals surface area contributed by atoms with Gasteiger partial charge in [-0.25, -0.2) is 16.8 Å². The third-order valence-corrected chi connectivity index (χ3v) is 8.68. The van der Waals surface area contributed by atoms with E-state index < -0.39 is 64.2 Å². The lowest BCUT2D eigenvalue weighted by molar-refractivity contribution is -0.169. The molecule has 1 unspecified atom stereocenters. The van der Waals surface area contributed by atoms with Crippen LogP contribution in [-0.2, 0) is 39.2 Å². The Labute approximate surface area is 187 Å². The number of sulfonamides is 2. The number of Topliss-reactive ketones (excluding diaryl/α,β-unsaturated/α-hetero) is 1. The third kappa shape index (κ3) is 6.01. The molecule has 0 saturated carbocycles. The number of ketones is 1. The molecule has 1 aliphatic heterocycles. The molecule has 0 bridgehead atoms. The topological polar surface area (TPSA) is 135 Å². The maximum Gasteiger partial charge on any atom is 0.436 e. The van der Waals surface area contributed by atoms with Crippen molar-refractivity contribution in [2.45, 2.75) is 64.7 Å². The highest BCUT2D eigenvalue weighted by atomic mass is 32.3. The molecule has 0 aliphatic carbocycles. The summed E-state index contributed by atoms with van der Waals surface area (Å²) in [5.74, 6) is -4.37. The molecule has 0 spiro atoms. The first kappa shape index (κ1) is 28.4. The summed E-state index contributed by atoms with van der Waals surface area (Å²) in [5, 5.41) is -5.14. The van der Waals surface area contributed by atoms with Crippen molar-refractivity contribution >= 4 is 37.7 Å².